The molecule has 106 valence electrons. The Morgan fingerprint density at radius 2 is 2.10 bits per heavy atom. The maximum atomic E-state index is 12.7. The number of aryl methyl sites for hydroxylation is 1. The smallest absolute Gasteiger partial charge is 0.171 e. The van der Waals surface area contributed by atoms with E-state index in [1.54, 1.807) is 0 Å². The van der Waals surface area contributed by atoms with Crippen LogP contribution in [0.2, 0.25) is 0 Å². The van der Waals surface area contributed by atoms with Crippen molar-refractivity contribution in [1.82, 2.24) is 0 Å². The van der Waals surface area contributed by atoms with Gasteiger partial charge >= 0.3 is 0 Å². The fourth-order valence-corrected chi connectivity index (χ4v) is 4.56. The summed E-state index contributed by atoms with van der Waals surface area (Å²) in [6.45, 7) is 1.93. The number of fused-ring (bicyclic) bond motifs is 1. The van der Waals surface area contributed by atoms with E-state index in [2.05, 4.69) is 0 Å². The van der Waals surface area contributed by atoms with E-state index in [0.717, 1.165) is 5.39 Å². The molecule has 2 aromatic rings. The van der Waals surface area contributed by atoms with Crippen LogP contribution in [0, 0.1) is 5.92 Å². The number of Topliss-reactive ketones (excluding diaryl/α,β-unsaturated/α-hetero) is 1. The summed E-state index contributed by atoms with van der Waals surface area (Å²) < 4.78 is 28.8. The van der Waals surface area contributed by atoms with Crippen LogP contribution in [0.25, 0.3) is 11.0 Å². The summed E-state index contributed by atoms with van der Waals surface area (Å²) in [4.78, 5) is 12.7. The minimum Gasteiger partial charge on any atom is -0.460 e. The second-order valence-electron chi connectivity index (χ2n) is 5.21. The molecule has 1 saturated heterocycles. The van der Waals surface area contributed by atoms with Gasteiger partial charge in [0.25, 0.3) is 0 Å². The van der Waals surface area contributed by atoms with E-state index in [9.17, 15) is 13.2 Å². The van der Waals surface area contributed by atoms with Crippen LogP contribution in [0.4, 0.5) is 0 Å². The van der Waals surface area contributed by atoms with Gasteiger partial charge in [0.05, 0.1) is 17.1 Å². The molecule has 1 atom stereocenters. The molecule has 3 rings (SSSR count). The number of carbonyl (C=O) groups excluding carboxylic acids is 1. The number of para-hydroxylation sites is 1. The van der Waals surface area contributed by atoms with E-state index in [-0.39, 0.29) is 17.3 Å². The van der Waals surface area contributed by atoms with Crippen molar-refractivity contribution in [3.05, 3.63) is 35.6 Å². The highest BCUT2D eigenvalue weighted by Crippen LogP contribution is 2.31. The van der Waals surface area contributed by atoms with Crippen molar-refractivity contribution in [2.24, 2.45) is 5.92 Å². The van der Waals surface area contributed by atoms with Gasteiger partial charge < -0.3 is 4.42 Å². The molecule has 2 heterocycles. The van der Waals surface area contributed by atoms with Gasteiger partial charge in [-0.05, 0) is 12.5 Å². The van der Waals surface area contributed by atoms with Crippen molar-refractivity contribution >= 4 is 26.6 Å². The molecule has 0 spiro atoms. The van der Waals surface area contributed by atoms with Crippen LogP contribution in [0.15, 0.2) is 28.7 Å². The van der Waals surface area contributed by atoms with Gasteiger partial charge in [0.15, 0.2) is 15.6 Å². The van der Waals surface area contributed by atoms with Crippen molar-refractivity contribution < 1.29 is 17.6 Å². The van der Waals surface area contributed by atoms with Crippen LogP contribution in [-0.2, 0) is 16.3 Å². The minimum atomic E-state index is -3.06. The monoisotopic (exact) mass is 292 g/mol. The number of sulfone groups is 1. The van der Waals surface area contributed by atoms with Gasteiger partial charge in [0, 0.05) is 17.7 Å². The Balaban J connectivity index is 2.07. The average Bonchev–Trinajstić information content (AvgIpc) is 2.97. The topological polar surface area (TPSA) is 64.3 Å². The van der Waals surface area contributed by atoms with Crippen LogP contribution < -0.4 is 0 Å². The second kappa shape index (κ2) is 4.74. The lowest BCUT2D eigenvalue weighted by Gasteiger charge is -2.06. The molecule has 1 aromatic heterocycles. The summed E-state index contributed by atoms with van der Waals surface area (Å²) in [7, 11) is -3.06. The number of benzene rings is 1. The predicted octanol–water partition coefficient (Wildman–Crippen LogP) is 2.61. The van der Waals surface area contributed by atoms with Crippen molar-refractivity contribution in [3.8, 4) is 0 Å². The molecule has 0 saturated carbocycles. The molecule has 1 aromatic carbocycles. The third-order valence-corrected chi connectivity index (χ3v) is 5.61. The molecule has 0 aliphatic carbocycles. The number of carbonyl (C=O) groups is 1. The first-order valence-electron chi connectivity index (χ1n) is 6.77. The Kier molecular flexibility index (Phi) is 3.17. The summed E-state index contributed by atoms with van der Waals surface area (Å²) in [5, 5.41) is 0.790. The van der Waals surface area contributed by atoms with Crippen LogP contribution >= 0.6 is 0 Å². The van der Waals surface area contributed by atoms with E-state index in [0.29, 0.717) is 29.7 Å². The van der Waals surface area contributed by atoms with E-state index in [1.807, 2.05) is 31.2 Å². The van der Waals surface area contributed by atoms with E-state index in [1.165, 1.54) is 0 Å². The highest BCUT2D eigenvalue weighted by atomic mass is 32.2. The van der Waals surface area contributed by atoms with Gasteiger partial charge in [-0.1, -0.05) is 25.1 Å². The highest BCUT2D eigenvalue weighted by molar-refractivity contribution is 7.91. The lowest BCUT2D eigenvalue weighted by Crippen LogP contribution is -2.17. The van der Waals surface area contributed by atoms with Gasteiger partial charge in [-0.25, -0.2) is 8.42 Å². The molecule has 20 heavy (non-hydrogen) atoms. The Hall–Kier alpha value is -1.62. The number of hydrogen-bond donors (Lipinski definition) is 0. The van der Waals surface area contributed by atoms with Crippen molar-refractivity contribution in [2.45, 2.75) is 19.8 Å². The quantitative estimate of drug-likeness (QED) is 0.816. The summed E-state index contributed by atoms with van der Waals surface area (Å²) in [5.41, 5.74) is 1.26. The Morgan fingerprint density at radius 1 is 1.35 bits per heavy atom. The number of furan rings is 1. The molecule has 0 bridgehead atoms. The lowest BCUT2D eigenvalue weighted by atomic mass is 9.94. The summed E-state index contributed by atoms with van der Waals surface area (Å²) in [6.07, 6.45) is 1.04. The van der Waals surface area contributed by atoms with Crippen LogP contribution in [0.3, 0.4) is 0 Å². The molecule has 1 aliphatic heterocycles. The van der Waals surface area contributed by atoms with Gasteiger partial charge in [-0.15, -0.1) is 0 Å². The van der Waals surface area contributed by atoms with E-state index < -0.39 is 15.8 Å². The molecule has 1 aliphatic rings. The van der Waals surface area contributed by atoms with Crippen molar-refractivity contribution in [3.63, 3.8) is 0 Å². The van der Waals surface area contributed by atoms with Crippen molar-refractivity contribution in [1.29, 1.82) is 0 Å². The zero-order valence-corrected chi connectivity index (χ0v) is 12.1. The normalized spacial score (nSPS) is 21.4. The summed E-state index contributed by atoms with van der Waals surface area (Å²) in [6, 6.07) is 7.41. The maximum Gasteiger partial charge on any atom is 0.171 e. The zero-order valence-electron chi connectivity index (χ0n) is 11.3. The van der Waals surface area contributed by atoms with Crippen molar-refractivity contribution in [2.75, 3.05) is 11.5 Å². The molecule has 0 N–H and O–H groups in total. The fourth-order valence-electron chi connectivity index (χ4n) is 2.82. The molecular formula is C15H16O4S. The molecule has 1 fully saturated rings. The third-order valence-electron chi connectivity index (χ3n) is 3.84. The minimum absolute atomic E-state index is 0.0332. The molecule has 5 heteroatoms. The van der Waals surface area contributed by atoms with Gasteiger partial charge in [-0.3, -0.25) is 4.79 Å². The van der Waals surface area contributed by atoms with Crippen LogP contribution in [0.1, 0.15) is 29.5 Å². The lowest BCUT2D eigenvalue weighted by molar-refractivity contribution is 0.0933. The van der Waals surface area contributed by atoms with Gasteiger partial charge in [-0.2, -0.15) is 0 Å². The molecule has 0 radical (unpaired) electrons. The fraction of sp³-hybridized carbons (Fsp3) is 0.400. The van der Waals surface area contributed by atoms with E-state index in [4.69, 9.17) is 4.42 Å². The summed E-state index contributed by atoms with van der Waals surface area (Å²) in [5.74, 6) is 0.217. The number of rotatable bonds is 3. The zero-order chi connectivity index (χ0) is 14.3. The molecular weight excluding hydrogens is 276 g/mol. The first-order chi connectivity index (χ1) is 9.52. The Bertz CT molecular complexity index is 770. The first kappa shape index (κ1) is 13.4. The number of hydrogen-bond acceptors (Lipinski definition) is 4. The Labute approximate surface area is 117 Å². The highest BCUT2D eigenvalue weighted by Gasteiger charge is 2.35. The largest absolute Gasteiger partial charge is 0.460 e. The maximum absolute atomic E-state index is 12.7. The van der Waals surface area contributed by atoms with Gasteiger partial charge in [0.1, 0.15) is 11.3 Å². The van der Waals surface area contributed by atoms with Crippen LogP contribution in [-0.4, -0.2) is 25.7 Å². The third kappa shape index (κ3) is 2.16. The first-order valence-corrected chi connectivity index (χ1v) is 8.59. The molecule has 4 nitrogen and oxygen atoms in total. The second-order valence-corrected chi connectivity index (χ2v) is 7.44. The average molecular weight is 292 g/mol. The standard InChI is InChI=1S/C15H16O4S/c1-2-12-14(11-5-3-4-6-13(11)19-12)15(16)10-7-8-20(17,18)9-10/h3-6,10H,2,7-9H2,1H3. The van der Waals surface area contributed by atoms with Gasteiger partial charge in [0.2, 0.25) is 0 Å². The predicted molar refractivity (Wildman–Crippen MR) is 76.7 cm³/mol. The number of ketones is 1. The Morgan fingerprint density at radius 3 is 2.75 bits per heavy atom. The summed E-state index contributed by atoms with van der Waals surface area (Å²) >= 11 is 0. The SMILES string of the molecule is CCc1oc2ccccc2c1C(=O)C1CCS(=O)(=O)C1. The van der Waals surface area contributed by atoms with Crippen LogP contribution in [0.5, 0.6) is 0 Å². The van der Waals surface area contributed by atoms with E-state index >= 15 is 0 Å². The molecule has 1 unspecified atom stereocenters. The molecule has 0 amide bonds.